The number of ether oxygens (including phenoxy) is 1. The van der Waals surface area contributed by atoms with Gasteiger partial charge in [0.2, 0.25) is 0 Å². The molecule has 0 N–H and O–H groups in total. The summed E-state index contributed by atoms with van der Waals surface area (Å²) < 4.78 is 5.25. The van der Waals surface area contributed by atoms with Crippen LogP contribution >= 0.6 is 0 Å². The summed E-state index contributed by atoms with van der Waals surface area (Å²) in [5.74, 6) is 1.66. The Bertz CT molecular complexity index is 61.4. The van der Waals surface area contributed by atoms with Crippen molar-refractivity contribution in [1.82, 2.24) is 0 Å². The third kappa shape index (κ3) is 6.66. The smallest absolute Gasteiger partial charge is 0.0494 e. The lowest BCUT2D eigenvalue weighted by Gasteiger charge is -2.24. The summed E-state index contributed by atoms with van der Waals surface area (Å²) in [6.07, 6.45) is 1.25. The molecule has 1 heteroatoms. The average Bonchev–Trinajstić information content (AvgIpc) is 2.17. The van der Waals surface area contributed by atoms with Crippen molar-refractivity contribution in [2.75, 3.05) is 13.2 Å². The van der Waals surface area contributed by atoms with Crippen LogP contribution in [0, 0.1) is 11.8 Å². The quantitative estimate of drug-likeness (QED) is 0.543. The zero-order valence-corrected chi connectivity index (χ0v) is 9.68. The highest BCUT2D eigenvalue weighted by Crippen LogP contribution is 2.19. The van der Waals surface area contributed by atoms with Crippen LogP contribution in [0.25, 0.3) is 0 Å². The zero-order chi connectivity index (χ0) is 9.98. The van der Waals surface area contributed by atoms with Gasteiger partial charge >= 0.3 is 0 Å². The first-order valence-electron chi connectivity index (χ1n) is 5.38. The molecule has 1 heterocycles. The van der Waals surface area contributed by atoms with Gasteiger partial charge < -0.3 is 4.74 Å². The molecule has 76 valence electrons. The lowest BCUT2D eigenvalue weighted by atomic mass is 9.92. The summed E-state index contributed by atoms with van der Waals surface area (Å²) >= 11 is 0. The minimum atomic E-state index is 0.781. The topological polar surface area (TPSA) is 9.23 Å². The second-order valence-corrected chi connectivity index (χ2v) is 2.82. The maximum atomic E-state index is 5.25. The summed E-state index contributed by atoms with van der Waals surface area (Å²) in [7, 11) is 0. The summed E-state index contributed by atoms with van der Waals surface area (Å²) in [4.78, 5) is 0. The molecule has 1 aliphatic rings. The van der Waals surface area contributed by atoms with E-state index in [0.717, 1.165) is 25.0 Å². The molecular formula is C11H26O. The molecule has 0 aromatic rings. The van der Waals surface area contributed by atoms with Crippen molar-refractivity contribution in [3.8, 4) is 0 Å². The van der Waals surface area contributed by atoms with Crippen LogP contribution in [0.15, 0.2) is 0 Å². The molecule has 0 unspecified atom stereocenters. The first-order valence-corrected chi connectivity index (χ1v) is 5.38. The van der Waals surface area contributed by atoms with Gasteiger partial charge in [-0.2, -0.15) is 0 Å². The maximum absolute atomic E-state index is 5.25. The maximum Gasteiger partial charge on any atom is 0.0494 e. The minimum absolute atomic E-state index is 0.781. The lowest BCUT2D eigenvalue weighted by Crippen LogP contribution is -2.22. The van der Waals surface area contributed by atoms with Gasteiger partial charge in [-0.05, 0) is 18.3 Å². The Morgan fingerprint density at radius 3 is 1.67 bits per heavy atom. The van der Waals surface area contributed by atoms with Gasteiger partial charge in [0.1, 0.15) is 0 Å². The van der Waals surface area contributed by atoms with Crippen LogP contribution in [0.4, 0.5) is 0 Å². The monoisotopic (exact) mass is 174 g/mol. The first kappa shape index (κ1) is 14.5. The van der Waals surface area contributed by atoms with E-state index in [4.69, 9.17) is 4.74 Å². The van der Waals surface area contributed by atoms with Crippen molar-refractivity contribution in [3.63, 3.8) is 0 Å². The predicted octanol–water partition coefficient (Wildman–Crippen LogP) is 3.73. The van der Waals surface area contributed by atoms with Crippen molar-refractivity contribution in [3.05, 3.63) is 0 Å². The van der Waals surface area contributed by atoms with Crippen LogP contribution in [-0.4, -0.2) is 13.2 Å². The largest absolute Gasteiger partial charge is 0.381 e. The second-order valence-electron chi connectivity index (χ2n) is 2.82. The third-order valence-corrected chi connectivity index (χ3v) is 2.07. The van der Waals surface area contributed by atoms with Crippen LogP contribution in [0.5, 0.6) is 0 Å². The molecule has 12 heavy (non-hydrogen) atoms. The van der Waals surface area contributed by atoms with Crippen LogP contribution in [0.1, 0.15) is 48.0 Å². The third-order valence-electron chi connectivity index (χ3n) is 2.07. The number of rotatable bonds is 0. The molecule has 0 aliphatic carbocycles. The highest BCUT2D eigenvalue weighted by atomic mass is 16.5. The molecule has 1 aliphatic heterocycles. The summed E-state index contributed by atoms with van der Waals surface area (Å²) in [5, 5.41) is 0. The Kier molecular flexibility index (Phi) is 13.2. The van der Waals surface area contributed by atoms with Gasteiger partial charge in [-0.3, -0.25) is 0 Å². The molecule has 0 radical (unpaired) electrons. The van der Waals surface area contributed by atoms with E-state index in [1.165, 1.54) is 6.42 Å². The second kappa shape index (κ2) is 11.0. The summed E-state index contributed by atoms with van der Waals surface area (Å²) in [5.41, 5.74) is 0. The normalized spacial score (nSPS) is 27.5. The fourth-order valence-electron chi connectivity index (χ4n) is 0.987. The molecule has 0 saturated carbocycles. The molecule has 0 bridgehead atoms. The number of hydrogen-bond donors (Lipinski definition) is 0. The molecule has 1 nitrogen and oxygen atoms in total. The number of hydrogen-bond acceptors (Lipinski definition) is 1. The standard InChI is InChI=1S/C7H14O.2C2H6/c1-6-3-4-8-5-7(6)2;2*1-2/h6-7H,3-5H2,1-2H3;2*1-2H3/t6-,7-;;/m1../s1. The lowest BCUT2D eigenvalue weighted by molar-refractivity contribution is 0.0303. The van der Waals surface area contributed by atoms with Gasteiger partial charge in [-0.15, -0.1) is 0 Å². The van der Waals surface area contributed by atoms with Crippen LogP contribution in [-0.2, 0) is 4.74 Å². The van der Waals surface area contributed by atoms with E-state index in [-0.39, 0.29) is 0 Å². The Hall–Kier alpha value is -0.0400. The van der Waals surface area contributed by atoms with Crippen LogP contribution in [0.2, 0.25) is 0 Å². The van der Waals surface area contributed by atoms with Gasteiger partial charge in [0.05, 0.1) is 0 Å². The van der Waals surface area contributed by atoms with Crippen molar-refractivity contribution in [2.45, 2.75) is 48.0 Å². The Morgan fingerprint density at radius 2 is 1.42 bits per heavy atom. The van der Waals surface area contributed by atoms with Gasteiger partial charge in [-0.1, -0.05) is 41.5 Å². The van der Waals surface area contributed by atoms with Crippen LogP contribution in [0.3, 0.4) is 0 Å². The van der Waals surface area contributed by atoms with Crippen molar-refractivity contribution in [2.24, 2.45) is 11.8 Å². The molecule has 0 amide bonds. The fraction of sp³-hybridized carbons (Fsp3) is 1.00. The highest BCUT2D eigenvalue weighted by molar-refractivity contribution is 4.64. The molecule has 1 saturated heterocycles. The van der Waals surface area contributed by atoms with Gasteiger partial charge in [0.25, 0.3) is 0 Å². The van der Waals surface area contributed by atoms with Gasteiger partial charge in [0, 0.05) is 13.2 Å². The van der Waals surface area contributed by atoms with Crippen molar-refractivity contribution in [1.29, 1.82) is 0 Å². The Labute approximate surface area is 78.5 Å². The molecule has 1 fully saturated rings. The Morgan fingerprint density at radius 1 is 0.917 bits per heavy atom. The van der Waals surface area contributed by atoms with Gasteiger partial charge in [-0.25, -0.2) is 0 Å². The van der Waals surface area contributed by atoms with E-state index < -0.39 is 0 Å². The molecule has 0 aromatic heterocycles. The van der Waals surface area contributed by atoms with E-state index in [1.807, 2.05) is 27.7 Å². The predicted molar refractivity (Wildman–Crippen MR) is 56.5 cm³/mol. The SMILES string of the molecule is CC.CC.C[C@@H]1CCOC[C@H]1C. The van der Waals surface area contributed by atoms with Crippen molar-refractivity contribution >= 4 is 0 Å². The van der Waals surface area contributed by atoms with Gasteiger partial charge in [0.15, 0.2) is 0 Å². The molecule has 1 rings (SSSR count). The van der Waals surface area contributed by atoms with E-state index in [9.17, 15) is 0 Å². The molecule has 2 atom stereocenters. The van der Waals surface area contributed by atoms with Crippen LogP contribution < -0.4 is 0 Å². The first-order chi connectivity index (χ1) is 5.80. The molecular weight excluding hydrogens is 148 g/mol. The summed E-state index contributed by atoms with van der Waals surface area (Å²) in [6, 6.07) is 0. The minimum Gasteiger partial charge on any atom is -0.381 e. The van der Waals surface area contributed by atoms with E-state index in [1.54, 1.807) is 0 Å². The highest BCUT2D eigenvalue weighted by Gasteiger charge is 2.16. The molecule has 0 aromatic carbocycles. The fourth-order valence-corrected chi connectivity index (χ4v) is 0.987. The average molecular weight is 174 g/mol. The summed E-state index contributed by atoms with van der Waals surface area (Å²) in [6.45, 7) is 14.5. The van der Waals surface area contributed by atoms with E-state index in [2.05, 4.69) is 13.8 Å². The zero-order valence-electron chi connectivity index (χ0n) is 9.68. The van der Waals surface area contributed by atoms with E-state index in [0.29, 0.717) is 0 Å². The van der Waals surface area contributed by atoms with E-state index >= 15 is 0 Å². The van der Waals surface area contributed by atoms with Crippen molar-refractivity contribution < 1.29 is 4.74 Å². The molecule has 0 spiro atoms. The Balaban J connectivity index is 0.